The van der Waals surface area contributed by atoms with E-state index < -0.39 is 10.0 Å². The summed E-state index contributed by atoms with van der Waals surface area (Å²) in [6, 6.07) is 7.13. The van der Waals surface area contributed by atoms with Crippen molar-refractivity contribution in [1.82, 2.24) is 24.4 Å². The molecule has 9 heteroatoms. The molecule has 0 spiro atoms. The molecule has 0 atom stereocenters. The molecular formula is C17H17N5O3S. The van der Waals surface area contributed by atoms with Crippen molar-refractivity contribution in [1.29, 1.82) is 0 Å². The lowest BCUT2D eigenvalue weighted by Crippen LogP contribution is -2.48. The van der Waals surface area contributed by atoms with Crippen LogP contribution >= 0.6 is 0 Å². The van der Waals surface area contributed by atoms with E-state index in [1.54, 1.807) is 31.5 Å². The number of hydrogen-bond acceptors (Lipinski definition) is 7. The highest BCUT2D eigenvalue weighted by Gasteiger charge is 2.41. The number of sulfonamides is 1. The van der Waals surface area contributed by atoms with Gasteiger partial charge in [0.05, 0.1) is 10.8 Å². The summed E-state index contributed by atoms with van der Waals surface area (Å²) in [7, 11) is -3.52. The highest BCUT2D eigenvalue weighted by atomic mass is 32.2. The number of hydrogen-bond donors (Lipinski definition) is 0. The van der Waals surface area contributed by atoms with Gasteiger partial charge in [0.2, 0.25) is 27.6 Å². The predicted octanol–water partition coefficient (Wildman–Crippen LogP) is 1.93. The van der Waals surface area contributed by atoms with E-state index in [-0.39, 0.29) is 5.92 Å². The molecule has 0 N–H and O–H groups in total. The summed E-state index contributed by atoms with van der Waals surface area (Å²) < 4.78 is 32.4. The molecule has 0 saturated carbocycles. The van der Waals surface area contributed by atoms with Crippen LogP contribution < -0.4 is 0 Å². The minimum atomic E-state index is -3.52. The molecule has 1 fully saturated rings. The summed E-state index contributed by atoms with van der Waals surface area (Å²) in [4.78, 5) is 12.8. The smallest absolute Gasteiger partial charge is 0.243 e. The fraction of sp³-hybridized carbons (Fsp3) is 0.294. The molecule has 0 bridgehead atoms. The van der Waals surface area contributed by atoms with Crippen molar-refractivity contribution in [2.45, 2.75) is 24.7 Å². The van der Waals surface area contributed by atoms with E-state index in [0.717, 1.165) is 11.1 Å². The Morgan fingerprint density at radius 2 is 1.85 bits per heavy atom. The lowest BCUT2D eigenvalue weighted by atomic mass is 10.0. The van der Waals surface area contributed by atoms with Gasteiger partial charge < -0.3 is 4.52 Å². The first-order valence-electron chi connectivity index (χ1n) is 8.13. The summed E-state index contributed by atoms with van der Waals surface area (Å²) in [6.45, 7) is 4.30. The van der Waals surface area contributed by atoms with Crippen LogP contribution in [-0.2, 0) is 10.0 Å². The fourth-order valence-electron chi connectivity index (χ4n) is 2.82. The van der Waals surface area contributed by atoms with E-state index in [2.05, 4.69) is 20.1 Å². The third kappa shape index (κ3) is 2.89. The molecule has 1 aromatic carbocycles. The molecule has 4 rings (SSSR count). The molecule has 8 nitrogen and oxygen atoms in total. The molecule has 1 aliphatic heterocycles. The van der Waals surface area contributed by atoms with Crippen molar-refractivity contribution in [3.63, 3.8) is 0 Å². The van der Waals surface area contributed by atoms with Gasteiger partial charge in [-0.1, -0.05) is 17.3 Å². The second-order valence-corrected chi connectivity index (χ2v) is 8.22. The van der Waals surface area contributed by atoms with E-state index in [0.29, 0.717) is 35.5 Å². The first-order chi connectivity index (χ1) is 12.4. The molecule has 0 amide bonds. The average molecular weight is 371 g/mol. The summed E-state index contributed by atoms with van der Waals surface area (Å²) in [5.41, 5.74) is 1.65. The molecule has 3 aromatic rings. The van der Waals surface area contributed by atoms with Crippen molar-refractivity contribution in [2.75, 3.05) is 13.1 Å². The van der Waals surface area contributed by atoms with Crippen LogP contribution in [0, 0.1) is 13.8 Å². The van der Waals surface area contributed by atoms with Gasteiger partial charge in [-0.15, -0.1) is 0 Å². The molecule has 134 valence electrons. The van der Waals surface area contributed by atoms with Gasteiger partial charge in [0.1, 0.15) is 0 Å². The fourth-order valence-corrected chi connectivity index (χ4v) is 4.66. The first-order valence-corrected chi connectivity index (χ1v) is 9.57. The maximum Gasteiger partial charge on any atom is 0.243 e. The Bertz CT molecular complexity index is 1040. The van der Waals surface area contributed by atoms with Crippen molar-refractivity contribution in [3.05, 3.63) is 53.7 Å². The highest BCUT2D eigenvalue weighted by molar-refractivity contribution is 7.89. The number of benzene rings is 1. The van der Waals surface area contributed by atoms with Gasteiger partial charge in [-0.25, -0.2) is 18.4 Å². The third-order valence-corrected chi connectivity index (χ3v) is 6.34. The first kappa shape index (κ1) is 16.8. The quantitative estimate of drug-likeness (QED) is 0.690. The molecule has 0 radical (unpaired) electrons. The third-order valence-electron chi connectivity index (χ3n) is 4.37. The van der Waals surface area contributed by atoms with Crippen LogP contribution in [0.5, 0.6) is 0 Å². The summed E-state index contributed by atoms with van der Waals surface area (Å²) in [5.74, 6) is 0.956. The van der Waals surface area contributed by atoms with Gasteiger partial charge in [0.15, 0.2) is 0 Å². The predicted molar refractivity (Wildman–Crippen MR) is 92.7 cm³/mol. The summed E-state index contributed by atoms with van der Waals surface area (Å²) >= 11 is 0. The average Bonchev–Trinajstić information content (AvgIpc) is 3.06. The maximum atomic E-state index is 12.8. The Morgan fingerprint density at radius 3 is 2.58 bits per heavy atom. The zero-order chi connectivity index (χ0) is 18.3. The number of rotatable bonds is 4. The second-order valence-electron chi connectivity index (χ2n) is 6.32. The largest absolute Gasteiger partial charge is 0.338 e. The molecule has 1 saturated heterocycles. The molecule has 0 unspecified atom stereocenters. The number of aryl methyl sites for hydroxylation is 2. The van der Waals surface area contributed by atoms with Gasteiger partial charge in [-0.2, -0.15) is 9.29 Å². The monoisotopic (exact) mass is 371 g/mol. The van der Waals surface area contributed by atoms with Crippen LogP contribution in [0.15, 0.2) is 46.1 Å². The maximum absolute atomic E-state index is 12.8. The molecule has 0 aliphatic carbocycles. The van der Waals surface area contributed by atoms with Gasteiger partial charge in [0.25, 0.3) is 0 Å². The van der Waals surface area contributed by atoms with Crippen molar-refractivity contribution in [3.8, 4) is 11.6 Å². The van der Waals surface area contributed by atoms with E-state index in [1.165, 1.54) is 4.31 Å². The molecule has 26 heavy (non-hydrogen) atoms. The van der Waals surface area contributed by atoms with Crippen molar-refractivity contribution < 1.29 is 12.9 Å². The Kier molecular flexibility index (Phi) is 4.04. The SMILES string of the molecule is Cc1ccc(C)c(S(=O)(=O)N2CC(c3nc(-c4ncccn4)no3)C2)c1. The minimum absolute atomic E-state index is 0.125. The lowest BCUT2D eigenvalue weighted by molar-refractivity contribution is 0.216. The standard InChI is InChI=1S/C17H17N5O3S/c1-11-4-5-12(2)14(8-11)26(23,24)22-9-13(10-22)17-20-16(21-25-17)15-18-6-3-7-19-15/h3-8,13H,9-10H2,1-2H3. The van der Waals surface area contributed by atoms with E-state index >= 15 is 0 Å². The highest BCUT2D eigenvalue weighted by Crippen LogP contribution is 2.33. The topological polar surface area (TPSA) is 102 Å². The lowest BCUT2D eigenvalue weighted by Gasteiger charge is -2.36. The van der Waals surface area contributed by atoms with Crippen molar-refractivity contribution in [2.24, 2.45) is 0 Å². The summed E-state index contributed by atoms with van der Waals surface area (Å²) in [5, 5.41) is 3.88. The Labute approximate surface area is 151 Å². The van der Waals surface area contributed by atoms with Crippen molar-refractivity contribution >= 4 is 10.0 Å². The molecule has 3 heterocycles. The Morgan fingerprint density at radius 1 is 1.12 bits per heavy atom. The van der Waals surface area contributed by atoms with Crippen LogP contribution in [0.25, 0.3) is 11.6 Å². The molecular weight excluding hydrogens is 354 g/mol. The van der Waals surface area contributed by atoms with Crippen LogP contribution in [0.3, 0.4) is 0 Å². The van der Waals surface area contributed by atoms with Gasteiger partial charge in [-0.3, -0.25) is 0 Å². The number of nitrogens with zero attached hydrogens (tertiary/aromatic N) is 5. The number of aromatic nitrogens is 4. The molecule has 2 aromatic heterocycles. The van der Waals surface area contributed by atoms with Gasteiger partial charge >= 0.3 is 0 Å². The normalized spacial score (nSPS) is 15.8. The van der Waals surface area contributed by atoms with E-state index in [4.69, 9.17) is 4.52 Å². The van der Waals surface area contributed by atoms with Gasteiger partial charge in [-0.05, 0) is 37.1 Å². The zero-order valence-corrected chi connectivity index (χ0v) is 15.1. The second kappa shape index (κ2) is 6.26. The van der Waals surface area contributed by atoms with E-state index in [1.807, 2.05) is 19.1 Å². The van der Waals surface area contributed by atoms with Crippen LogP contribution in [0.4, 0.5) is 0 Å². The van der Waals surface area contributed by atoms with Gasteiger partial charge in [0, 0.05) is 25.5 Å². The van der Waals surface area contributed by atoms with Crippen LogP contribution in [0.1, 0.15) is 22.9 Å². The Hall–Kier alpha value is -2.65. The van der Waals surface area contributed by atoms with E-state index in [9.17, 15) is 8.42 Å². The van der Waals surface area contributed by atoms with Crippen LogP contribution in [0.2, 0.25) is 0 Å². The zero-order valence-electron chi connectivity index (χ0n) is 14.3. The minimum Gasteiger partial charge on any atom is -0.338 e. The van der Waals surface area contributed by atoms with Crippen LogP contribution in [-0.4, -0.2) is 45.9 Å². The Balaban J connectivity index is 1.50. The summed E-state index contributed by atoms with van der Waals surface area (Å²) in [6.07, 6.45) is 3.19. The molecule has 1 aliphatic rings.